The molecule has 0 amide bonds. The van der Waals surface area contributed by atoms with Gasteiger partial charge in [-0.3, -0.25) is 0 Å². The number of nitrogens with two attached hydrogens (primary N) is 1. The molecular weight excluding hydrogens is 284 g/mol. The van der Waals surface area contributed by atoms with E-state index in [-0.39, 0.29) is 0 Å². The fourth-order valence-corrected chi connectivity index (χ4v) is 4.98. The third kappa shape index (κ3) is 3.25. The average molecular weight is 304 g/mol. The maximum atomic E-state index is 5.88. The second-order valence-corrected chi connectivity index (χ2v) is 7.62. The van der Waals surface area contributed by atoms with Crippen LogP contribution in [0.15, 0.2) is 30.3 Å². The largest absolute Gasteiger partial charge is 0.326 e. The van der Waals surface area contributed by atoms with Gasteiger partial charge in [0.05, 0.1) is 5.69 Å². The van der Waals surface area contributed by atoms with E-state index in [0.717, 1.165) is 16.7 Å². The predicted octanol–water partition coefficient (Wildman–Crippen LogP) is 4.44. The molecular formula is C16H20N2S2. The molecule has 2 nitrogen and oxygen atoms in total. The van der Waals surface area contributed by atoms with Crippen LogP contribution in [0.1, 0.15) is 35.6 Å². The lowest BCUT2D eigenvalue weighted by molar-refractivity contribution is 0.886. The summed E-state index contributed by atoms with van der Waals surface area (Å²) in [5, 5.41) is 2.07. The minimum absolute atomic E-state index is 0.579. The highest BCUT2D eigenvalue weighted by molar-refractivity contribution is 7.99. The second-order valence-electron chi connectivity index (χ2n) is 5.17. The van der Waals surface area contributed by atoms with Crippen molar-refractivity contribution in [3.63, 3.8) is 0 Å². The number of thiazole rings is 1. The van der Waals surface area contributed by atoms with Crippen LogP contribution in [-0.4, -0.2) is 10.2 Å². The zero-order valence-electron chi connectivity index (χ0n) is 11.5. The molecule has 1 fully saturated rings. The summed E-state index contributed by atoms with van der Waals surface area (Å²) in [6.07, 6.45) is 5.56. The third-order valence-corrected chi connectivity index (χ3v) is 6.36. The highest BCUT2D eigenvalue weighted by Crippen LogP contribution is 2.34. The number of hydrogen-bond acceptors (Lipinski definition) is 4. The first-order valence-corrected chi connectivity index (χ1v) is 9.09. The summed E-state index contributed by atoms with van der Waals surface area (Å²) in [6.45, 7) is 0.579. The summed E-state index contributed by atoms with van der Waals surface area (Å²) >= 11 is 3.85. The Labute approximate surface area is 128 Å². The minimum Gasteiger partial charge on any atom is -0.326 e. The normalized spacial score (nSPS) is 15.8. The van der Waals surface area contributed by atoms with Crippen molar-refractivity contribution in [2.45, 2.75) is 43.2 Å². The van der Waals surface area contributed by atoms with Gasteiger partial charge in [-0.05, 0) is 12.8 Å². The topological polar surface area (TPSA) is 38.9 Å². The molecule has 0 spiro atoms. The number of benzene rings is 1. The van der Waals surface area contributed by atoms with E-state index in [1.165, 1.54) is 41.1 Å². The first-order valence-electron chi connectivity index (χ1n) is 7.22. The first kappa shape index (κ1) is 14.1. The van der Waals surface area contributed by atoms with Crippen molar-refractivity contribution in [3.8, 4) is 11.3 Å². The van der Waals surface area contributed by atoms with Crippen LogP contribution in [0.3, 0.4) is 0 Å². The van der Waals surface area contributed by atoms with Gasteiger partial charge in [-0.2, -0.15) is 11.8 Å². The van der Waals surface area contributed by atoms with E-state index in [4.69, 9.17) is 10.7 Å². The van der Waals surface area contributed by atoms with Crippen molar-refractivity contribution in [2.24, 2.45) is 5.73 Å². The molecule has 0 unspecified atom stereocenters. The Hall–Kier alpha value is -0.840. The van der Waals surface area contributed by atoms with E-state index in [9.17, 15) is 0 Å². The van der Waals surface area contributed by atoms with Crippen molar-refractivity contribution >= 4 is 23.1 Å². The second kappa shape index (κ2) is 6.74. The summed E-state index contributed by atoms with van der Waals surface area (Å²) in [7, 11) is 0. The monoisotopic (exact) mass is 304 g/mol. The summed E-state index contributed by atoms with van der Waals surface area (Å²) in [4.78, 5) is 6.04. The lowest BCUT2D eigenvalue weighted by atomic mass is 10.1. The van der Waals surface area contributed by atoms with Crippen molar-refractivity contribution in [1.82, 2.24) is 4.98 Å². The lowest BCUT2D eigenvalue weighted by Gasteiger charge is -2.05. The maximum absolute atomic E-state index is 5.88. The Balaban J connectivity index is 1.74. The summed E-state index contributed by atoms with van der Waals surface area (Å²) in [5.74, 6) is 1.04. The molecule has 4 heteroatoms. The summed E-state index contributed by atoms with van der Waals surface area (Å²) < 4.78 is 0. The van der Waals surface area contributed by atoms with Gasteiger partial charge in [0.15, 0.2) is 0 Å². The number of hydrogen-bond donors (Lipinski definition) is 1. The SMILES string of the molecule is NCc1sc(CSC2CCCC2)nc1-c1ccccc1. The molecule has 20 heavy (non-hydrogen) atoms. The molecule has 1 aliphatic carbocycles. The van der Waals surface area contributed by atoms with Crippen molar-refractivity contribution in [1.29, 1.82) is 0 Å². The van der Waals surface area contributed by atoms with E-state index < -0.39 is 0 Å². The van der Waals surface area contributed by atoms with Crippen LogP contribution in [0.5, 0.6) is 0 Å². The van der Waals surface area contributed by atoms with Crippen LogP contribution in [-0.2, 0) is 12.3 Å². The van der Waals surface area contributed by atoms with Crippen LogP contribution in [0.4, 0.5) is 0 Å². The molecule has 3 rings (SSSR count). The molecule has 0 bridgehead atoms. The number of aromatic nitrogens is 1. The highest BCUT2D eigenvalue weighted by Gasteiger charge is 2.17. The molecule has 1 saturated carbocycles. The van der Waals surface area contributed by atoms with Gasteiger partial charge in [0, 0.05) is 28.0 Å². The Morgan fingerprint density at radius 3 is 2.65 bits per heavy atom. The van der Waals surface area contributed by atoms with Gasteiger partial charge < -0.3 is 5.73 Å². The Kier molecular flexibility index (Phi) is 4.76. The summed E-state index contributed by atoms with van der Waals surface area (Å²) in [6, 6.07) is 10.4. The van der Waals surface area contributed by atoms with Crippen molar-refractivity contribution < 1.29 is 0 Å². The molecule has 0 radical (unpaired) electrons. The molecule has 2 aromatic rings. The summed E-state index contributed by atoms with van der Waals surface area (Å²) in [5.41, 5.74) is 8.15. The third-order valence-electron chi connectivity index (χ3n) is 3.72. The average Bonchev–Trinajstić information content (AvgIpc) is 3.15. The molecule has 2 N–H and O–H groups in total. The van der Waals surface area contributed by atoms with Crippen LogP contribution in [0, 0.1) is 0 Å². The van der Waals surface area contributed by atoms with E-state index in [0.29, 0.717) is 6.54 Å². The Morgan fingerprint density at radius 1 is 1.20 bits per heavy atom. The molecule has 1 aliphatic rings. The van der Waals surface area contributed by atoms with E-state index in [1.807, 2.05) is 6.07 Å². The Morgan fingerprint density at radius 2 is 1.95 bits per heavy atom. The zero-order chi connectivity index (χ0) is 13.8. The maximum Gasteiger partial charge on any atom is 0.103 e. The quantitative estimate of drug-likeness (QED) is 0.887. The lowest BCUT2D eigenvalue weighted by Crippen LogP contribution is -1.95. The number of nitrogens with zero attached hydrogens (tertiary/aromatic N) is 1. The molecule has 106 valence electrons. The van der Waals surface area contributed by atoms with E-state index >= 15 is 0 Å². The van der Waals surface area contributed by atoms with Gasteiger partial charge in [-0.25, -0.2) is 4.98 Å². The van der Waals surface area contributed by atoms with Crippen LogP contribution >= 0.6 is 23.1 Å². The molecule has 0 atom stereocenters. The first-order chi connectivity index (χ1) is 9.86. The fraction of sp³-hybridized carbons (Fsp3) is 0.438. The Bertz CT molecular complexity index is 545. The smallest absolute Gasteiger partial charge is 0.103 e. The highest BCUT2D eigenvalue weighted by atomic mass is 32.2. The van der Waals surface area contributed by atoms with Crippen molar-refractivity contribution in [2.75, 3.05) is 0 Å². The van der Waals surface area contributed by atoms with Crippen LogP contribution in [0.25, 0.3) is 11.3 Å². The molecule has 0 aliphatic heterocycles. The number of rotatable bonds is 5. The predicted molar refractivity (Wildman–Crippen MR) is 89.0 cm³/mol. The van der Waals surface area contributed by atoms with Gasteiger partial charge >= 0.3 is 0 Å². The minimum atomic E-state index is 0.579. The van der Waals surface area contributed by atoms with E-state index in [2.05, 4.69) is 36.0 Å². The van der Waals surface area contributed by atoms with Gasteiger partial charge in [0.25, 0.3) is 0 Å². The van der Waals surface area contributed by atoms with Crippen LogP contribution < -0.4 is 5.73 Å². The fourth-order valence-electron chi connectivity index (χ4n) is 2.67. The van der Waals surface area contributed by atoms with Gasteiger partial charge in [0.2, 0.25) is 0 Å². The van der Waals surface area contributed by atoms with Crippen molar-refractivity contribution in [3.05, 3.63) is 40.2 Å². The number of thioether (sulfide) groups is 1. The molecule has 0 saturated heterocycles. The molecule has 1 heterocycles. The standard InChI is InChI=1S/C16H20N2S2/c17-10-14-16(12-6-2-1-3-7-12)18-15(20-14)11-19-13-8-4-5-9-13/h1-3,6-7,13H,4-5,8-11,17H2. The van der Waals surface area contributed by atoms with E-state index in [1.54, 1.807) is 11.3 Å². The van der Waals surface area contributed by atoms with Crippen LogP contribution in [0.2, 0.25) is 0 Å². The zero-order valence-corrected chi connectivity index (χ0v) is 13.2. The van der Waals surface area contributed by atoms with Gasteiger partial charge in [-0.15, -0.1) is 11.3 Å². The molecule has 1 aromatic heterocycles. The van der Waals surface area contributed by atoms with Gasteiger partial charge in [0.1, 0.15) is 5.01 Å². The molecule has 1 aromatic carbocycles. The van der Waals surface area contributed by atoms with Gasteiger partial charge in [-0.1, -0.05) is 43.2 Å².